The number of carbonyl (C=O) groups is 2. The number of para-hydroxylation sites is 2. The van der Waals surface area contributed by atoms with Crippen molar-refractivity contribution in [2.75, 3.05) is 17.7 Å². The highest BCUT2D eigenvalue weighted by Crippen LogP contribution is 2.27. The van der Waals surface area contributed by atoms with Gasteiger partial charge in [-0.1, -0.05) is 48.5 Å². The number of amides is 1. The van der Waals surface area contributed by atoms with Crippen LogP contribution in [-0.4, -0.2) is 32.7 Å². The first-order valence-electron chi connectivity index (χ1n) is 9.56. The number of esters is 1. The largest absolute Gasteiger partial charge is 0.492 e. The van der Waals surface area contributed by atoms with Crippen molar-refractivity contribution in [1.29, 1.82) is 0 Å². The van der Waals surface area contributed by atoms with Crippen molar-refractivity contribution in [3.63, 3.8) is 0 Å². The van der Waals surface area contributed by atoms with Gasteiger partial charge >= 0.3 is 5.97 Å². The van der Waals surface area contributed by atoms with Gasteiger partial charge in [0.25, 0.3) is 5.91 Å². The molecule has 0 aliphatic carbocycles. The Bertz CT molecular complexity index is 1030. The maximum absolute atomic E-state index is 13.0. The van der Waals surface area contributed by atoms with Gasteiger partial charge in [0.15, 0.2) is 9.84 Å². The molecule has 3 rings (SSSR count). The highest BCUT2D eigenvalue weighted by molar-refractivity contribution is 7.94. The zero-order valence-electron chi connectivity index (χ0n) is 16.5. The fourth-order valence-electron chi connectivity index (χ4n) is 3.11. The molecule has 0 fully saturated rings. The number of benzene rings is 2. The second-order valence-corrected chi connectivity index (χ2v) is 8.75. The highest BCUT2D eigenvalue weighted by atomic mass is 32.2. The summed E-state index contributed by atoms with van der Waals surface area (Å²) in [5.41, 5.74) is 0.970. The third kappa shape index (κ3) is 5.70. The molecular formula is C22H23NO6S. The summed E-state index contributed by atoms with van der Waals surface area (Å²) < 4.78 is 34.1. The minimum atomic E-state index is -3.27. The third-order valence-electron chi connectivity index (χ3n) is 4.47. The molecule has 0 radical (unpaired) electrons. The second kappa shape index (κ2) is 9.58. The van der Waals surface area contributed by atoms with Crippen LogP contribution in [0.3, 0.4) is 0 Å². The SMILES string of the molecule is CCOc1ccccc1NC(=O)C(OC(=O)CC1C=CS(=O)(=O)C1)c1ccccc1. The van der Waals surface area contributed by atoms with E-state index in [0.29, 0.717) is 23.6 Å². The minimum absolute atomic E-state index is 0.123. The molecule has 0 saturated carbocycles. The maximum Gasteiger partial charge on any atom is 0.307 e. The number of ether oxygens (including phenoxy) is 2. The number of rotatable bonds is 8. The molecule has 1 aliphatic heterocycles. The normalized spacial score (nSPS) is 17.8. The van der Waals surface area contributed by atoms with E-state index in [9.17, 15) is 18.0 Å². The van der Waals surface area contributed by atoms with E-state index < -0.39 is 33.7 Å². The summed E-state index contributed by atoms with van der Waals surface area (Å²) in [6.07, 6.45) is 0.171. The lowest BCUT2D eigenvalue weighted by Crippen LogP contribution is -2.27. The van der Waals surface area contributed by atoms with E-state index in [1.165, 1.54) is 6.08 Å². The van der Waals surface area contributed by atoms with Crippen LogP contribution in [0.15, 0.2) is 66.1 Å². The van der Waals surface area contributed by atoms with Crippen LogP contribution in [0, 0.1) is 5.92 Å². The van der Waals surface area contributed by atoms with Gasteiger partial charge in [-0.15, -0.1) is 0 Å². The van der Waals surface area contributed by atoms with Crippen LogP contribution in [-0.2, 0) is 24.2 Å². The number of nitrogens with one attached hydrogen (secondary N) is 1. The molecule has 2 unspecified atom stereocenters. The van der Waals surface area contributed by atoms with Crippen molar-refractivity contribution in [3.05, 3.63) is 71.6 Å². The third-order valence-corrected chi connectivity index (χ3v) is 5.93. The van der Waals surface area contributed by atoms with Crippen LogP contribution >= 0.6 is 0 Å². The van der Waals surface area contributed by atoms with Gasteiger partial charge in [-0.25, -0.2) is 8.42 Å². The lowest BCUT2D eigenvalue weighted by atomic mass is 10.1. The number of hydrogen-bond acceptors (Lipinski definition) is 6. The summed E-state index contributed by atoms with van der Waals surface area (Å²) >= 11 is 0. The first kappa shape index (κ1) is 21.6. The Morgan fingerprint density at radius 1 is 1.10 bits per heavy atom. The van der Waals surface area contributed by atoms with Crippen molar-refractivity contribution in [1.82, 2.24) is 0 Å². The van der Waals surface area contributed by atoms with E-state index in [4.69, 9.17) is 9.47 Å². The number of carbonyl (C=O) groups excluding carboxylic acids is 2. The van der Waals surface area contributed by atoms with Gasteiger partial charge in [-0.3, -0.25) is 9.59 Å². The van der Waals surface area contributed by atoms with Crippen molar-refractivity contribution >= 4 is 27.4 Å². The van der Waals surface area contributed by atoms with Crippen LogP contribution in [0.25, 0.3) is 0 Å². The van der Waals surface area contributed by atoms with Crippen molar-refractivity contribution in [2.45, 2.75) is 19.4 Å². The Labute approximate surface area is 175 Å². The first-order chi connectivity index (χ1) is 14.4. The molecule has 7 nitrogen and oxygen atoms in total. The summed E-state index contributed by atoms with van der Waals surface area (Å²) in [5, 5.41) is 3.86. The van der Waals surface area contributed by atoms with E-state index in [1.807, 2.05) is 6.92 Å². The monoisotopic (exact) mass is 429 g/mol. The molecule has 1 N–H and O–H groups in total. The van der Waals surface area contributed by atoms with E-state index in [0.717, 1.165) is 5.41 Å². The average molecular weight is 429 g/mol. The number of anilines is 1. The van der Waals surface area contributed by atoms with Crippen LogP contribution in [0.1, 0.15) is 25.0 Å². The minimum Gasteiger partial charge on any atom is -0.492 e. The summed E-state index contributed by atoms with van der Waals surface area (Å²) in [4.78, 5) is 25.5. The lowest BCUT2D eigenvalue weighted by molar-refractivity contribution is -0.155. The molecule has 2 atom stereocenters. The zero-order valence-corrected chi connectivity index (χ0v) is 17.3. The van der Waals surface area contributed by atoms with Gasteiger partial charge in [-0.2, -0.15) is 0 Å². The Morgan fingerprint density at radius 3 is 2.47 bits per heavy atom. The molecule has 0 saturated heterocycles. The van der Waals surface area contributed by atoms with Gasteiger partial charge in [0.2, 0.25) is 6.10 Å². The van der Waals surface area contributed by atoms with Gasteiger partial charge in [-0.05, 0) is 19.1 Å². The lowest BCUT2D eigenvalue weighted by Gasteiger charge is -2.20. The fourth-order valence-corrected chi connectivity index (χ4v) is 4.51. The summed E-state index contributed by atoms with van der Waals surface area (Å²) in [6, 6.07) is 15.6. The molecule has 2 aromatic rings. The average Bonchev–Trinajstić information content (AvgIpc) is 3.06. The quantitative estimate of drug-likeness (QED) is 0.647. The summed E-state index contributed by atoms with van der Waals surface area (Å²) in [5.74, 6) is -1.26. The van der Waals surface area contributed by atoms with Gasteiger partial charge in [0.1, 0.15) is 5.75 Å². The smallest absolute Gasteiger partial charge is 0.307 e. The van der Waals surface area contributed by atoms with Crippen LogP contribution < -0.4 is 10.1 Å². The molecule has 2 aromatic carbocycles. The Balaban J connectivity index is 1.75. The highest BCUT2D eigenvalue weighted by Gasteiger charge is 2.29. The molecule has 158 valence electrons. The number of allylic oxidation sites excluding steroid dienone is 1. The Morgan fingerprint density at radius 2 is 1.80 bits per heavy atom. The fraction of sp³-hybridized carbons (Fsp3) is 0.273. The topological polar surface area (TPSA) is 98.8 Å². The molecule has 0 bridgehead atoms. The van der Waals surface area contributed by atoms with E-state index in [-0.39, 0.29) is 12.2 Å². The van der Waals surface area contributed by atoms with Gasteiger partial charge < -0.3 is 14.8 Å². The molecule has 0 aromatic heterocycles. The molecule has 8 heteroatoms. The molecule has 1 amide bonds. The van der Waals surface area contributed by atoms with E-state index >= 15 is 0 Å². The van der Waals surface area contributed by atoms with Crippen LogP contribution in [0.2, 0.25) is 0 Å². The van der Waals surface area contributed by atoms with Crippen LogP contribution in [0.5, 0.6) is 5.75 Å². The van der Waals surface area contributed by atoms with Crippen molar-refractivity contribution in [3.8, 4) is 5.75 Å². The Kier molecular flexibility index (Phi) is 6.89. The molecular weight excluding hydrogens is 406 g/mol. The zero-order chi connectivity index (χ0) is 21.6. The van der Waals surface area contributed by atoms with E-state index in [1.54, 1.807) is 54.6 Å². The van der Waals surface area contributed by atoms with Crippen molar-refractivity contribution < 1.29 is 27.5 Å². The second-order valence-electron chi connectivity index (χ2n) is 6.82. The summed E-state index contributed by atoms with van der Waals surface area (Å²) in [7, 11) is -3.27. The predicted molar refractivity (Wildman–Crippen MR) is 113 cm³/mol. The van der Waals surface area contributed by atoms with Crippen molar-refractivity contribution in [2.24, 2.45) is 5.92 Å². The number of sulfone groups is 1. The molecule has 0 spiro atoms. The van der Waals surface area contributed by atoms with E-state index in [2.05, 4.69) is 5.32 Å². The van der Waals surface area contributed by atoms with Gasteiger partial charge in [0.05, 0.1) is 24.5 Å². The predicted octanol–water partition coefficient (Wildman–Crippen LogP) is 3.26. The molecule has 30 heavy (non-hydrogen) atoms. The number of hydrogen-bond donors (Lipinski definition) is 1. The van der Waals surface area contributed by atoms with Crippen LogP contribution in [0.4, 0.5) is 5.69 Å². The van der Waals surface area contributed by atoms with Gasteiger partial charge in [0, 0.05) is 16.9 Å². The Hall–Kier alpha value is -3.13. The molecule has 1 aliphatic rings. The standard InChI is InChI=1S/C22H23NO6S/c1-2-28-19-11-7-6-10-18(19)23-22(25)21(17-8-4-3-5-9-17)29-20(24)14-16-12-13-30(26,27)15-16/h3-13,16,21H,2,14-15H2,1H3,(H,23,25). The maximum atomic E-state index is 13.0. The molecule has 1 heterocycles. The first-order valence-corrected chi connectivity index (χ1v) is 11.3. The summed E-state index contributed by atoms with van der Waals surface area (Å²) in [6.45, 7) is 2.27.